The highest BCUT2D eigenvalue weighted by atomic mass is 35.5. The molecule has 0 aliphatic heterocycles. The maximum absolute atomic E-state index is 6.69. The number of thiophene rings is 1. The average Bonchev–Trinajstić information content (AvgIpc) is 2.88. The summed E-state index contributed by atoms with van der Waals surface area (Å²) in [5.74, 6) is 0. The van der Waals surface area contributed by atoms with E-state index in [1.54, 1.807) is 11.3 Å². The second kappa shape index (κ2) is 5.07. The van der Waals surface area contributed by atoms with Gasteiger partial charge in [-0.25, -0.2) is 0 Å². The Morgan fingerprint density at radius 3 is 1.83 bits per heavy atom. The number of halogens is 1. The predicted molar refractivity (Wildman–Crippen MR) is 82.1 cm³/mol. The summed E-state index contributed by atoms with van der Waals surface area (Å²) >= 11 is 8.39. The van der Waals surface area contributed by atoms with E-state index in [0.717, 1.165) is 0 Å². The van der Waals surface area contributed by atoms with Gasteiger partial charge in [-0.1, -0.05) is 0 Å². The molecular weight excluding hydrogens is 260 g/mol. The highest BCUT2D eigenvalue weighted by Crippen LogP contribution is 2.37. The van der Waals surface area contributed by atoms with Crippen LogP contribution in [-0.4, -0.2) is 0 Å². The molecule has 0 amide bonds. The van der Waals surface area contributed by atoms with E-state index in [-0.39, 0.29) is 5.38 Å². The molecule has 1 aromatic heterocycles. The molecule has 0 saturated heterocycles. The minimum Gasteiger partial charge on any atom is -0.152 e. The Balaban J connectivity index is 2.65. The molecule has 2 aromatic rings. The third-order valence-corrected chi connectivity index (χ3v) is 5.32. The van der Waals surface area contributed by atoms with Crippen LogP contribution in [0.1, 0.15) is 44.3 Å². The Hall–Kier alpha value is -0.790. The fourth-order valence-corrected chi connectivity index (χ4v) is 3.72. The lowest BCUT2D eigenvalue weighted by Gasteiger charge is -2.21. The quantitative estimate of drug-likeness (QED) is 0.626. The van der Waals surface area contributed by atoms with E-state index >= 15 is 0 Å². The van der Waals surface area contributed by atoms with E-state index in [4.69, 9.17) is 11.6 Å². The van der Waals surface area contributed by atoms with Gasteiger partial charge >= 0.3 is 0 Å². The zero-order valence-electron chi connectivity index (χ0n) is 11.6. The lowest BCUT2D eigenvalue weighted by atomic mass is 9.87. The number of hydrogen-bond donors (Lipinski definition) is 0. The molecule has 1 unspecified atom stereocenters. The summed E-state index contributed by atoms with van der Waals surface area (Å²) in [4.78, 5) is 0. The van der Waals surface area contributed by atoms with E-state index in [0.29, 0.717) is 0 Å². The highest BCUT2D eigenvalue weighted by molar-refractivity contribution is 7.08. The van der Waals surface area contributed by atoms with Gasteiger partial charge in [0.05, 0.1) is 5.38 Å². The molecule has 0 radical (unpaired) electrons. The van der Waals surface area contributed by atoms with Gasteiger partial charge in [0.25, 0.3) is 0 Å². The van der Waals surface area contributed by atoms with Crippen molar-refractivity contribution in [3.05, 3.63) is 55.8 Å². The Labute approximate surface area is 119 Å². The molecule has 0 aliphatic carbocycles. The van der Waals surface area contributed by atoms with Crippen molar-refractivity contribution in [1.82, 2.24) is 0 Å². The van der Waals surface area contributed by atoms with Gasteiger partial charge in [0.15, 0.2) is 0 Å². The first-order chi connectivity index (χ1) is 8.45. The van der Waals surface area contributed by atoms with Crippen molar-refractivity contribution < 1.29 is 0 Å². The summed E-state index contributed by atoms with van der Waals surface area (Å²) in [7, 11) is 0. The maximum Gasteiger partial charge on any atom is 0.0848 e. The number of alkyl halides is 1. The van der Waals surface area contributed by atoms with Crippen molar-refractivity contribution in [2.45, 2.75) is 40.0 Å². The van der Waals surface area contributed by atoms with Crippen LogP contribution in [0, 0.1) is 34.6 Å². The number of rotatable bonds is 2. The number of hydrogen-bond acceptors (Lipinski definition) is 1. The molecule has 0 saturated carbocycles. The number of benzene rings is 1. The first-order valence-corrected chi connectivity index (χ1v) is 7.56. The lowest BCUT2D eigenvalue weighted by molar-refractivity contribution is 1.04. The Kier molecular flexibility index (Phi) is 3.84. The van der Waals surface area contributed by atoms with Crippen molar-refractivity contribution in [2.75, 3.05) is 0 Å². The van der Waals surface area contributed by atoms with E-state index < -0.39 is 0 Å². The minimum absolute atomic E-state index is 0.0331. The first kappa shape index (κ1) is 13.6. The predicted octanol–water partition coefficient (Wildman–Crippen LogP) is 5.62. The van der Waals surface area contributed by atoms with Crippen LogP contribution in [-0.2, 0) is 0 Å². The molecule has 0 N–H and O–H groups in total. The van der Waals surface area contributed by atoms with Crippen LogP contribution in [0.5, 0.6) is 0 Å². The zero-order chi connectivity index (χ0) is 13.4. The normalized spacial score (nSPS) is 12.8. The SMILES string of the molecule is Cc1c(C)c(C)c(C(Cl)c2ccsc2)c(C)c1C. The molecule has 1 aromatic carbocycles. The molecule has 18 heavy (non-hydrogen) atoms. The monoisotopic (exact) mass is 278 g/mol. The van der Waals surface area contributed by atoms with Crippen LogP contribution in [0.3, 0.4) is 0 Å². The molecule has 0 nitrogen and oxygen atoms in total. The molecule has 0 spiro atoms. The van der Waals surface area contributed by atoms with Gasteiger partial charge in [-0.15, -0.1) is 11.6 Å². The Morgan fingerprint density at radius 1 is 0.889 bits per heavy atom. The highest BCUT2D eigenvalue weighted by Gasteiger charge is 2.20. The van der Waals surface area contributed by atoms with E-state index in [1.807, 2.05) is 0 Å². The molecule has 0 aliphatic rings. The fourth-order valence-electron chi connectivity index (χ4n) is 2.50. The maximum atomic E-state index is 6.69. The first-order valence-electron chi connectivity index (χ1n) is 6.18. The summed E-state index contributed by atoms with van der Waals surface area (Å²) in [6, 6.07) is 2.12. The summed E-state index contributed by atoms with van der Waals surface area (Å²) in [5, 5.41) is 4.19. The molecule has 2 rings (SSSR count). The van der Waals surface area contributed by atoms with Crippen molar-refractivity contribution in [3.8, 4) is 0 Å². The smallest absolute Gasteiger partial charge is 0.0848 e. The standard InChI is InChI=1S/C16H19ClS/c1-9-10(2)12(4)15(13(5)11(9)3)16(17)14-6-7-18-8-14/h6-8,16H,1-5H3. The molecule has 1 heterocycles. The lowest BCUT2D eigenvalue weighted by Crippen LogP contribution is -2.05. The van der Waals surface area contributed by atoms with Gasteiger partial charge in [-0.3, -0.25) is 0 Å². The van der Waals surface area contributed by atoms with Gasteiger partial charge in [-0.2, -0.15) is 11.3 Å². The van der Waals surface area contributed by atoms with Crippen LogP contribution in [0.15, 0.2) is 16.8 Å². The molecule has 2 heteroatoms. The second-order valence-electron chi connectivity index (χ2n) is 4.96. The van der Waals surface area contributed by atoms with Crippen LogP contribution in [0.2, 0.25) is 0 Å². The van der Waals surface area contributed by atoms with Gasteiger partial charge in [0.2, 0.25) is 0 Å². The van der Waals surface area contributed by atoms with Gasteiger partial charge in [0.1, 0.15) is 0 Å². The Morgan fingerprint density at radius 2 is 1.39 bits per heavy atom. The average molecular weight is 279 g/mol. The molecule has 0 fully saturated rings. The molecule has 96 valence electrons. The third kappa shape index (κ3) is 2.10. The van der Waals surface area contributed by atoms with Crippen molar-refractivity contribution in [1.29, 1.82) is 0 Å². The van der Waals surface area contributed by atoms with E-state index in [1.165, 1.54) is 38.9 Å². The zero-order valence-corrected chi connectivity index (χ0v) is 13.2. The summed E-state index contributed by atoms with van der Waals surface area (Å²) < 4.78 is 0. The summed E-state index contributed by atoms with van der Waals surface area (Å²) in [6.45, 7) is 11.0. The minimum atomic E-state index is -0.0331. The molecular formula is C16H19ClS. The van der Waals surface area contributed by atoms with E-state index in [9.17, 15) is 0 Å². The van der Waals surface area contributed by atoms with Crippen LogP contribution >= 0.6 is 22.9 Å². The van der Waals surface area contributed by atoms with Crippen LogP contribution in [0.25, 0.3) is 0 Å². The third-order valence-electron chi connectivity index (χ3n) is 4.15. The van der Waals surface area contributed by atoms with E-state index in [2.05, 4.69) is 51.4 Å². The largest absolute Gasteiger partial charge is 0.152 e. The van der Waals surface area contributed by atoms with Crippen molar-refractivity contribution in [3.63, 3.8) is 0 Å². The molecule has 1 atom stereocenters. The topological polar surface area (TPSA) is 0 Å². The summed E-state index contributed by atoms with van der Waals surface area (Å²) in [6.07, 6.45) is 0. The Bertz CT molecular complexity index is 538. The van der Waals surface area contributed by atoms with Crippen LogP contribution in [0.4, 0.5) is 0 Å². The fraction of sp³-hybridized carbons (Fsp3) is 0.375. The second-order valence-corrected chi connectivity index (χ2v) is 6.17. The van der Waals surface area contributed by atoms with Gasteiger partial charge in [-0.05, 0) is 90.4 Å². The van der Waals surface area contributed by atoms with Crippen LogP contribution < -0.4 is 0 Å². The van der Waals surface area contributed by atoms with Gasteiger partial charge < -0.3 is 0 Å². The van der Waals surface area contributed by atoms with Gasteiger partial charge in [0, 0.05) is 0 Å². The van der Waals surface area contributed by atoms with Crippen molar-refractivity contribution >= 4 is 22.9 Å². The molecule has 0 bridgehead atoms. The van der Waals surface area contributed by atoms with Crippen molar-refractivity contribution in [2.24, 2.45) is 0 Å². The summed E-state index contributed by atoms with van der Waals surface area (Å²) in [5.41, 5.74) is 9.29.